The molecule has 9 nitrogen and oxygen atoms in total. The Morgan fingerprint density at radius 2 is 1.66 bits per heavy atom. The zero-order chi connectivity index (χ0) is 22.5. The smallest absolute Gasteiger partial charge is 0.320 e. The highest BCUT2D eigenvalue weighted by atomic mass is 32.3. The molecule has 178 valence electrons. The molecule has 0 radical (unpaired) electrons. The van der Waals surface area contributed by atoms with Gasteiger partial charge in [-0.3, -0.25) is 9.11 Å². The minimum Gasteiger partial charge on any atom is -0.323 e. The van der Waals surface area contributed by atoms with Gasteiger partial charge in [-0.2, -0.15) is 5.10 Å². The van der Waals surface area contributed by atoms with Gasteiger partial charge in [-0.25, -0.2) is 18.8 Å². The minimum atomic E-state index is -2.71. The first-order valence-corrected chi connectivity index (χ1v) is 13.6. The predicted molar refractivity (Wildman–Crippen MR) is 122 cm³/mol. The van der Waals surface area contributed by atoms with E-state index in [2.05, 4.69) is 14.8 Å². The molecule has 1 aromatic rings. The first kappa shape index (κ1) is 21.2. The summed E-state index contributed by atoms with van der Waals surface area (Å²) in [7, 11) is -2.71. The molecule has 0 unspecified atom stereocenters. The lowest BCUT2D eigenvalue weighted by atomic mass is 9.60. The second-order valence-corrected chi connectivity index (χ2v) is 14.6. The zero-order valence-corrected chi connectivity index (χ0v) is 20.2. The van der Waals surface area contributed by atoms with Gasteiger partial charge in [0.15, 0.2) is 5.82 Å². The van der Waals surface area contributed by atoms with Crippen molar-refractivity contribution in [3.05, 3.63) is 12.2 Å². The molecule has 5 aliphatic rings. The van der Waals surface area contributed by atoms with E-state index in [1.165, 1.54) is 12.8 Å². The Bertz CT molecular complexity index is 910. The molecule has 10 heteroatoms. The number of urea groups is 1. The van der Waals surface area contributed by atoms with Crippen molar-refractivity contribution in [1.29, 1.82) is 0 Å². The van der Waals surface area contributed by atoms with Gasteiger partial charge in [0.05, 0.1) is 11.8 Å². The fraction of sp³-hybridized carbons (Fsp3) is 0.864. The molecule has 1 aromatic heterocycles. The zero-order valence-electron chi connectivity index (χ0n) is 19.4. The SMILES string of the molecule is CC(C)(C)CS(O)(O)N1CC2(CN(C(=O)N3CC4(CC(n5cnc(C6CC6)n5)C4)C3)C2)C1. The normalized spacial score (nSPS) is 27.7. The number of amides is 2. The molecule has 4 heterocycles. The molecule has 0 aromatic carbocycles. The van der Waals surface area contributed by atoms with E-state index in [4.69, 9.17) is 0 Å². The van der Waals surface area contributed by atoms with Gasteiger partial charge in [0, 0.05) is 56.0 Å². The van der Waals surface area contributed by atoms with Crippen LogP contribution in [0.3, 0.4) is 0 Å². The quantitative estimate of drug-likeness (QED) is 0.710. The molecule has 3 saturated heterocycles. The summed E-state index contributed by atoms with van der Waals surface area (Å²) in [6.45, 7) is 10.6. The van der Waals surface area contributed by atoms with Gasteiger partial charge in [0.25, 0.3) is 0 Å². The van der Waals surface area contributed by atoms with Crippen LogP contribution in [0.25, 0.3) is 0 Å². The van der Waals surface area contributed by atoms with E-state index in [-0.39, 0.29) is 22.3 Å². The largest absolute Gasteiger partial charge is 0.323 e. The average Bonchev–Trinajstić information content (AvgIpc) is 3.26. The molecule has 2 aliphatic carbocycles. The lowest BCUT2D eigenvalue weighted by Gasteiger charge is -2.66. The van der Waals surface area contributed by atoms with Crippen molar-refractivity contribution in [3.8, 4) is 0 Å². The Morgan fingerprint density at radius 1 is 1.06 bits per heavy atom. The number of hydrogen-bond donors (Lipinski definition) is 2. The van der Waals surface area contributed by atoms with E-state index in [0.29, 0.717) is 30.8 Å². The fourth-order valence-corrected chi connectivity index (χ4v) is 8.46. The number of likely N-dealkylation sites (tertiary alicyclic amines) is 2. The van der Waals surface area contributed by atoms with Crippen LogP contribution in [0.5, 0.6) is 0 Å². The highest BCUT2D eigenvalue weighted by Gasteiger charge is 2.60. The van der Waals surface area contributed by atoms with Gasteiger partial charge >= 0.3 is 6.03 Å². The second kappa shape index (κ2) is 6.61. The minimum absolute atomic E-state index is 0.0632. The molecule has 5 fully saturated rings. The summed E-state index contributed by atoms with van der Waals surface area (Å²) in [5, 5.41) is 4.68. The van der Waals surface area contributed by atoms with E-state index >= 15 is 0 Å². The number of aromatic nitrogens is 3. The third-order valence-corrected chi connectivity index (χ3v) is 10.2. The summed E-state index contributed by atoms with van der Waals surface area (Å²) in [6.07, 6.45) is 6.53. The van der Waals surface area contributed by atoms with E-state index in [1.54, 1.807) is 0 Å². The molecule has 2 spiro atoms. The Hall–Kier alpha value is -1.36. The molecule has 3 aliphatic heterocycles. The molecule has 0 atom stereocenters. The van der Waals surface area contributed by atoms with Crippen LogP contribution < -0.4 is 0 Å². The summed E-state index contributed by atoms with van der Waals surface area (Å²) >= 11 is 0. The third-order valence-electron chi connectivity index (χ3n) is 7.89. The Morgan fingerprint density at radius 3 is 2.22 bits per heavy atom. The first-order chi connectivity index (χ1) is 15.0. The van der Waals surface area contributed by atoms with Gasteiger partial charge < -0.3 is 9.80 Å². The molecule has 2 N–H and O–H groups in total. The van der Waals surface area contributed by atoms with Crippen molar-refractivity contribution in [2.75, 3.05) is 45.0 Å². The summed E-state index contributed by atoms with van der Waals surface area (Å²) in [5.74, 6) is 2.00. The van der Waals surface area contributed by atoms with E-state index in [0.717, 1.165) is 44.8 Å². The number of carbonyl (C=O) groups excluding carboxylic acids is 1. The highest BCUT2D eigenvalue weighted by molar-refractivity contribution is 8.22. The van der Waals surface area contributed by atoms with Crippen molar-refractivity contribution in [2.24, 2.45) is 16.2 Å². The Kier molecular flexibility index (Phi) is 4.38. The third kappa shape index (κ3) is 3.54. The summed E-state index contributed by atoms with van der Waals surface area (Å²) in [4.78, 5) is 21.3. The van der Waals surface area contributed by atoms with E-state index in [1.807, 2.05) is 41.2 Å². The van der Waals surface area contributed by atoms with Gasteiger partial charge in [-0.05, 0) is 31.1 Å². The first-order valence-electron chi connectivity index (χ1n) is 11.9. The molecule has 2 saturated carbocycles. The van der Waals surface area contributed by atoms with E-state index < -0.39 is 10.8 Å². The Balaban J connectivity index is 0.941. The molecular formula is C22H36N6O3S. The summed E-state index contributed by atoms with van der Waals surface area (Å²) in [6, 6.07) is 0.592. The molecule has 0 bridgehead atoms. The van der Waals surface area contributed by atoms with E-state index in [9.17, 15) is 13.9 Å². The van der Waals surface area contributed by atoms with Crippen molar-refractivity contribution in [3.63, 3.8) is 0 Å². The number of carbonyl (C=O) groups is 1. The van der Waals surface area contributed by atoms with Crippen LogP contribution in [0, 0.1) is 16.2 Å². The average molecular weight is 465 g/mol. The fourth-order valence-electron chi connectivity index (χ4n) is 6.16. The van der Waals surface area contributed by atoms with Crippen molar-refractivity contribution in [1.82, 2.24) is 28.9 Å². The van der Waals surface area contributed by atoms with Crippen LogP contribution in [0.2, 0.25) is 0 Å². The number of nitrogens with zero attached hydrogens (tertiary/aromatic N) is 6. The number of hydrogen-bond acceptors (Lipinski definition) is 6. The maximum Gasteiger partial charge on any atom is 0.320 e. The summed E-state index contributed by atoms with van der Waals surface area (Å²) in [5.41, 5.74) is 0.226. The van der Waals surface area contributed by atoms with Gasteiger partial charge in [-0.1, -0.05) is 20.8 Å². The van der Waals surface area contributed by atoms with Crippen LogP contribution >= 0.6 is 10.8 Å². The van der Waals surface area contributed by atoms with Crippen LogP contribution in [-0.4, -0.2) is 89.0 Å². The maximum absolute atomic E-state index is 12.9. The Labute approximate surface area is 191 Å². The van der Waals surface area contributed by atoms with Gasteiger partial charge in [0.2, 0.25) is 0 Å². The van der Waals surface area contributed by atoms with Gasteiger partial charge in [0.1, 0.15) is 6.33 Å². The standard InChI is InChI=1S/C22H36N6O3S/c1-20(2,3)14-32(30,31)27-12-22(13-27)10-26(11-22)19(29)25-8-21(9-25)6-17(7-21)28-15-23-18(24-28)16-4-5-16/h15-17,30-31H,4-14H2,1-3H3. The lowest BCUT2D eigenvalue weighted by Crippen LogP contribution is -2.75. The van der Waals surface area contributed by atoms with Crippen LogP contribution in [0.1, 0.15) is 64.2 Å². The van der Waals surface area contributed by atoms with Crippen LogP contribution in [-0.2, 0) is 0 Å². The molecule has 2 amide bonds. The predicted octanol–water partition coefficient (Wildman–Crippen LogP) is 3.24. The molecule has 32 heavy (non-hydrogen) atoms. The van der Waals surface area contributed by atoms with Crippen molar-refractivity contribution >= 4 is 16.8 Å². The highest BCUT2D eigenvalue weighted by Crippen LogP contribution is 2.57. The second-order valence-electron chi connectivity index (χ2n) is 12.5. The number of rotatable bonds is 4. The molecule has 6 rings (SSSR count). The van der Waals surface area contributed by atoms with Gasteiger partial charge in [-0.15, -0.1) is 10.8 Å². The van der Waals surface area contributed by atoms with Crippen LogP contribution in [0.4, 0.5) is 4.79 Å². The van der Waals surface area contributed by atoms with Crippen molar-refractivity contribution < 1.29 is 13.9 Å². The molecular weight excluding hydrogens is 428 g/mol. The summed E-state index contributed by atoms with van der Waals surface area (Å²) < 4.78 is 24.9. The van der Waals surface area contributed by atoms with Crippen molar-refractivity contribution in [2.45, 2.75) is 58.4 Å². The van der Waals surface area contributed by atoms with Crippen LogP contribution in [0.15, 0.2) is 6.33 Å². The lowest BCUT2D eigenvalue weighted by molar-refractivity contribution is -0.102. The maximum atomic E-state index is 12.9. The topological polar surface area (TPSA) is 98.0 Å². The monoisotopic (exact) mass is 464 g/mol.